The molecular formula is C15H12BrN3OS. The third-order valence-electron chi connectivity index (χ3n) is 2.70. The Bertz CT molecular complexity index is 695. The van der Waals surface area contributed by atoms with E-state index in [9.17, 15) is 4.79 Å². The van der Waals surface area contributed by atoms with Crippen LogP contribution < -0.4 is 5.32 Å². The minimum absolute atomic E-state index is 0.130. The molecule has 0 saturated heterocycles. The predicted octanol–water partition coefficient (Wildman–Crippen LogP) is 3.76. The van der Waals surface area contributed by atoms with Crippen molar-refractivity contribution in [1.29, 1.82) is 5.26 Å². The van der Waals surface area contributed by atoms with Crippen LogP contribution in [0, 0.1) is 18.3 Å². The lowest BCUT2D eigenvalue weighted by Gasteiger charge is -2.06. The van der Waals surface area contributed by atoms with Crippen LogP contribution in [0.3, 0.4) is 0 Å². The van der Waals surface area contributed by atoms with Crippen molar-refractivity contribution in [2.45, 2.75) is 11.9 Å². The zero-order valence-electron chi connectivity index (χ0n) is 11.3. The van der Waals surface area contributed by atoms with Gasteiger partial charge in [-0.25, -0.2) is 4.98 Å². The number of amides is 1. The fraction of sp³-hybridized carbons (Fsp3) is 0.133. The summed E-state index contributed by atoms with van der Waals surface area (Å²) < 4.78 is 0.956. The Hall–Kier alpha value is -1.84. The second-order valence-corrected chi connectivity index (χ2v) is 6.14. The van der Waals surface area contributed by atoms with Crippen LogP contribution in [-0.2, 0) is 4.79 Å². The molecule has 21 heavy (non-hydrogen) atoms. The van der Waals surface area contributed by atoms with Crippen molar-refractivity contribution in [2.24, 2.45) is 0 Å². The maximum absolute atomic E-state index is 11.9. The molecule has 2 aromatic rings. The van der Waals surface area contributed by atoms with Gasteiger partial charge in [-0.1, -0.05) is 27.7 Å². The molecule has 6 heteroatoms. The van der Waals surface area contributed by atoms with Crippen molar-refractivity contribution in [3.63, 3.8) is 0 Å². The van der Waals surface area contributed by atoms with Gasteiger partial charge in [-0.15, -0.1) is 0 Å². The SMILES string of the molecule is Cc1ccnc(SCC(=O)Nc2ccc(Br)cc2)c1C#N. The molecule has 106 valence electrons. The molecule has 0 radical (unpaired) electrons. The number of nitrogens with zero attached hydrogens (tertiary/aromatic N) is 2. The van der Waals surface area contributed by atoms with E-state index in [1.807, 2.05) is 31.2 Å². The van der Waals surface area contributed by atoms with Crippen LogP contribution in [0.2, 0.25) is 0 Å². The minimum atomic E-state index is -0.130. The summed E-state index contributed by atoms with van der Waals surface area (Å²) in [6, 6.07) is 11.3. The first kappa shape index (κ1) is 15.5. The first-order valence-electron chi connectivity index (χ1n) is 6.14. The summed E-state index contributed by atoms with van der Waals surface area (Å²) in [7, 11) is 0. The van der Waals surface area contributed by atoms with Crippen LogP contribution in [0.1, 0.15) is 11.1 Å². The van der Waals surface area contributed by atoms with E-state index in [-0.39, 0.29) is 11.7 Å². The summed E-state index contributed by atoms with van der Waals surface area (Å²) in [4.78, 5) is 16.1. The summed E-state index contributed by atoms with van der Waals surface area (Å²) in [5.74, 6) is 0.0794. The van der Waals surface area contributed by atoms with E-state index in [4.69, 9.17) is 5.26 Å². The van der Waals surface area contributed by atoms with Gasteiger partial charge in [0, 0.05) is 16.4 Å². The third kappa shape index (κ3) is 4.31. The molecule has 1 aromatic carbocycles. The van der Waals surface area contributed by atoms with Crippen molar-refractivity contribution in [1.82, 2.24) is 4.98 Å². The monoisotopic (exact) mass is 361 g/mol. The van der Waals surface area contributed by atoms with Crippen LogP contribution >= 0.6 is 27.7 Å². The topological polar surface area (TPSA) is 65.8 Å². The lowest BCUT2D eigenvalue weighted by molar-refractivity contribution is -0.113. The lowest BCUT2D eigenvalue weighted by Crippen LogP contribution is -2.14. The molecule has 0 unspecified atom stereocenters. The zero-order chi connectivity index (χ0) is 15.2. The van der Waals surface area contributed by atoms with Crippen LogP contribution in [0.4, 0.5) is 5.69 Å². The van der Waals surface area contributed by atoms with Crippen molar-refractivity contribution < 1.29 is 4.79 Å². The van der Waals surface area contributed by atoms with Gasteiger partial charge >= 0.3 is 0 Å². The number of thioether (sulfide) groups is 1. The molecule has 4 nitrogen and oxygen atoms in total. The van der Waals surface area contributed by atoms with Gasteiger partial charge in [0.15, 0.2) is 0 Å². The molecule has 1 aromatic heterocycles. The van der Waals surface area contributed by atoms with Gasteiger partial charge in [-0.05, 0) is 42.8 Å². The van der Waals surface area contributed by atoms with Gasteiger partial charge in [-0.2, -0.15) is 5.26 Å². The Morgan fingerprint density at radius 2 is 2.10 bits per heavy atom. The molecule has 0 aliphatic heterocycles. The van der Waals surface area contributed by atoms with E-state index in [0.717, 1.165) is 15.7 Å². The average molecular weight is 362 g/mol. The number of anilines is 1. The molecule has 2 rings (SSSR count). The number of nitriles is 1. The molecule has 0 spiro atoms. The molecule has 0 bridgehead atoms. The largest absolute Gasteiger partial charge is 0.325 e. The maximum Gasteiger partial charge on any atom is 0.234 e. The van der Waals surface area contributed by atoms with Gasteiger partial charge in [0.05, 0.1) is 11.3 Å². The zero-order valence-corrected chi connectivity index (χ0v) is 13.7. The smallest absolute Gasteiger partial charge is 0.234 e. The van der Waals surface area contributed by atoms with E-state index >= 15 is 0 Å². The average Bonchev–Trinajstić information content (AvgIpc) is 2.47. The Kier molecular flexibility index (Phi) is 5.37. The van der Waals surface area contributed by atoms with E-state index in [1.54, 1.807) is 12.3 Å². The standard InChI is InChI=1S/C15H12BrN3OS/c1-10-6-7-18-15(13(10)8-17)21-9-14(20)19-12-4-2-11(16)3-5-12/h2-7H,9H2,1H3,(H,19,20). The summed E-state index contributed by atoms with van der Waals surface area (Å²) >= 11 is 4.60. The van der Waals surface area contributed by atoms with E-state index in [2.05, 4.69) is 32.3 Å². The summed E-state index contributed by atoms with van der Waals surface area (Å²) in [6.45, 7) is 1.85. The highest BCUT2D eigenvalue weighted by atomic mass is 79.9. The molecule has 1 amide bonds. The van der Waals surface area contributed by atoms with Crippen LogP contribution in [0.5, 0.6) is 0 Å². The number of hydrogen-bond acceptors (Lipinski definition) is 4. The first-order valence-corrected chi connectivity index (χ1v) is 7.92. The fourth-order valence-electron chi connectivity index (χ4n) is 1.64. The number of hydrogen-bond donors (Lipinski definition) is 1. The quantitative estimate of drug-likeness (QED) is 0.842. The van der Waals surface area contributed by atoms with Crippen molar-refractivity contribution in [3.05, 3.63) is 52.1 Å². The third-order valence-corrected chi connectivity index (χ3v) is 4.22. The number of carbonyl (C=O) groups is 1. The first-order chi connectivity index (χ1) is 10.1. The number of pyridine rings is 1. The molecule has 1 heterocycles. The number of aromatic nitrogens is 1. The molecule has 0 aliphatic rings. The molecule has 0 saturated carbocycles. The van der Waals surface area contributed by atoms with Gasteiger partial charge in [0.2, 0.25) is 5.91 Å². The summed E-state index contributed by atoms with van der Waals surface area (Å²) in [5, 5.41) is 12.5. The molecule has 0 aliphatic carbocycles. The van der Waals surface area contributed by atoms with Crippen LogP contribution in [0.25, 0.3) is 0 Å². The molecule has 0 fully saturated rings. The number of aryl methyl sites for hydroxylation is 1. The highest BCUT2D eigenvalue weighted by Crippen LogP contribution is 2.22. The number of nitrogens with one attached hydrogen (secondary N) is 1. The summed E-state index contributed by atoms with van der Waals surface area (Å²) in [5.41, 5.74) is 2.13. The molecular weight excluding hydrogens is 350 g/mol. The van der Waals surface area contributed by atoms with E-state index < -0.39 is 0 Å². The molecule has 0 atom stereocenters. The number of halogens is 1. The van der Waals surface area contributed by atoms with Crippen LogP contribution in [-0.4, -0.2) is 16.6 Å². The Morgan fingerprint density at radius 1 is 1.38 bits per heavy atom. The number of rotatable bonds is 4. The van der Waals surface area contributed by atoms with Crippen molar-refractivity contribution in [2.75, 3.05) is 11.1 Å². The normalized spacial score (nSPS) is 9.95. The number of carbonyl (C=O) groups excluding carboxylic acids is 1. The maximum atomic E-state index is 11.9. The number of benzene rings is 1. The summed E-state index contributed by atoms with van der Waals surface area (Å²) in [6.07, 6.45) is 1.64. The van der Waals surface area contributed by atoms with E-state index in [1.165, 1.54) is 11.8 Å². The second-order valence-electron chi connectivity index (χ2n) is 4.26. The highest BCUT2D eigenvalue weighted by Gasteiger charge is 2.10. The van der Waals surface area contributed by atoms with Crippen molar-refractivity contribution in [3.8, 4) is 6.07 Å². The predicted molar refractivity (Wildman–Crippen MR) is 87.2 cm³/mol. The lowest BCUT2D eigenvalue weighted by atomic mass is 10.2. The Morgan fingerprint density at radius 3 is 2.76 bits per heavy atom. The second kappa shape index (κ2) is 7.25. The van der Waals surface area contributed by atoms with Gasteiger partial charge in [0.1, 0.15) is 11.1 Å². The van der Waals surface area contributed by atoms with Gasteiger partial charge in [0.25, 0.3) is 0 Å². The Labute approximate surface area is 135 Å². The van der Waals surface area contributed by atoms with E-state index in [0.29, 0.717) is 10.6 Å². The molecule has 1 N–H and O–H groups in total. The highest BCUT2D eigenvalue weighted by molar-refractivity contribution is 9.10. The Balaban J connectivity index is 1.97. The van der Waals surface area contributed by atoms with Gasteiger partial charge < -0.3 is 5.32 Å². The van der Waals surface area contributed by atoms with Crippen molar-refractivity contribution >= 4 is 39.3 Å². The van der Waals surface area contributed by atoms with Crippen LogP contribution in [0.15, 0.2) is 46.0 Å². The minimum Gasteiger partial charge on any atom is -0.325 e. The fourth-order valence-corrected chi connectivity index (χ4v) is 2.73. The van der Waals surface area contributed by atoms with Gasteiger partial charge in [-0.3, -0.25) is 4.79 Å².